The molecule has 0 saturated carbocycles. The Morgan fingerprint density at radius 3 is 2.38 bits per heavy atom. The molecule has 4 heteroatoms. The summed E-state index contributed by atoms with van der Waals surface area (Å²) < 4.78 is 15.3. The van der Waals surface area contributed by atoms with Crippen molar-refractivity contribution < 1.29 is 8.39 Å². The van der Waals surface area contributed by atoms with Gasteiger partial charge in [-0.3, -0.25) is 4.18 Å². The minimum absolute atomic E-state index is 0.485. The Balaban J connectivity index is 3.76. The minimum Gasteiger partial charge on any atom is -0.293 e. The van der Waals surface area contributed by atoms with Crippen LogP contribution in [0.1, 0.15) is 13.3 Å². The molecule has 50 valence electrons. The van der Waals surface area contributed by atoms with Crippen LogP contribution in [0.3, 0.4) is 0 Å². The quantitative estimate of drug-likeness (QED) is 0.598. The van der Waals surface area contributed by atoms with Crippen molar-refractivity contribution in [3.63, 3.8) is 0 Å². The summed E-state index contributed by atoms with van der Waals surface area (Å²) in [7, 11) is -0.956. The Labute approximate surface area is 55.1 Å². The molecule has 0 aromatic carbocycles. The number of rotatable bonds is 3. The summed E-state index contributed by atoms with van der Waals surface area (Å²) in [5, 5.41) is 0. The Hall–Kier alpha value is 0.330. The molecular formula is C4H10O2S2. The predicted molar refractivity (Wildman–Crippen MR) is 37.7 cm³/mol. The van der Waals surface area contributed by atoms with Crippen LogP contribution < -0.4 is 0 Å². The normalized spacial score (nSPS) is 17.8. The Bertz CT molecular complexity index is 136. The lowest BCUT2D eigenvalue weighted by atomic mass is 10.6. The van der Waals surface area contributed by atoms with Gasteiger partial charge in [-0.25, -0.2) is 4.21 Å². The average molecular weight is 154 g/mol. The molecule has 0 amide bonds. The first-order valence-corrected chi connectivity index (χ1v) is 4.98. The highest BCUT2D eigenvalue weighted by atomic mass is 32.8. The molecule has 2 nitrogen and oxygen atoms in total. The zero-order chi connectivity index (χ0) is 6.62. The van der Waals surface area contributed by atoms with E-state index in [0.717, 1.165) is 6.42 Å². The lowest BCUT2D eigenvalue weighted by molar-refractivity contribution is 0.443. The van der Waals surface area contributed by atoms with Crippen molar-refractivity contribution in [1.82, 2.24) is 0 Å². The molecule has 0 fully saturated rings. The van der Waals surface area contributed by atoms with Crippen LogP contribution in [-0.4, -0.2) is 17.1 Å². The van der Waals surface area contributed by atoms with Crippen molar-refractivity contribution in [2.24, 2.45) is 0 Å². The topological polar surface area (TPSA) is 26.3 Å². The Morgan fingerprint density at radius 1 is 1.75 bits per heavy atom. The second-order valence-corrected chi connectivity index (χ2v) is 4.81. The molecular weight excluding hydrogens is 144 g/mol. The van der Waals surface area contributed by atoms with Crippen LogP contribution in [0.4, 0.5) is 0 Å². The molecule has 0 aliphatic carbocycles. The molecule has 0 bridgehead atoms. The van der Waals surface area contributed by atoms with Gasteiger partial charge in [0.2, 0.25) is 0 Å². The summed E-state index contributed by atoms with van der Waals surface area (Å²) in [5.74, 6) is 0.485. The standard InChI is InChI=1S/C4H10O2S2/c1-3-4-8(5,7)6-2/h3-4H2,1-2H3. The van der Waals surface area contributed by atoms with Gasteiger partial charge in [-0.1, -0.05) is 6.92 Å². The molecule has 0 aromatic heterocycles. The second kappa shape index (κ2) is 3.37. The third kappa shape index (κ3) is 3.35. The molecule has 0 saturated heterocycles. The Morgan fingerprint density at radius 2 is 2.25 bits per heavy atom. The maximum atomic E-state index is 10.7. The molecule has 0 aromatic rings. The largest absolute Gasteiger partial charge is 0.293 e. The molecule has 0 spiro atoms. The van der Waals surface area contributed by atoms with E-state index >= 15 is 0 Å². The highest BCUT2D eigenvalue weighted by Gasteiger charge is 1.98. The zero-order valence-corrected chi connectivity index (χ0v) is 6.68. The van der Waals surface area contributed by atoms with E-state index in [9.17, 15) is 4.21 Å². The smallest absolute Gasteiger partial charge is 0.143 e. The van der Waals surface area contributed by atoms with E-state index in [1.54, 1.807) is 0 Å². The maximum Gasteiger partial charge on any atom is 0.143 e. The summed E-state index contributed by atoms with van der Waals surface area (Å²) in [5.41, 5.74) is 0. The molecule has 0 radical (unpaired) electrons. The van der Waals surface area contributed by atoms with E-state index in [1.165, 1.54) is 7.11 Å². The van der Waals surface area contributed by atoms with Gasteiger partial charge in [-0.2, -0.15) is 0 Å². The van der Waals surface area contributed by atoms with Gasteiger partial charge in [-0.15, -0.1) is 0 Å². The molecule has 1 atom stereocenters. The fourth-order valence-electron chi connectivity index (χ4n) is 0.333. The SMILES string of the molecule is CCCS(=O)(=S)OC. The Kier molecular flexibility index (Phi) is 3.51. The van der Waals surface area contributed by atoms with E-state index in [0.29, 0.717) is 5.75 Å². The lowest BCUT2D eigenvalue weighted by Gasteiger charge is -1.98. The first-order valence-electron chi connectivity index (χ1n) is 2.40. The van der Waals surface area contributed by atoms with E-state index in [2.05, 4.69) is 15.4 Å². The van der Waals surface area contributed by atoms with Crippen LogP contribution in [0.2, 0.25) is 0 Å². The highest BCUT2D eigenvalue weighted by molar-refractivity contribution is 8.30. The summed E-state index contributed by atoms with van der Waals surface area (Å²) in [6.45, 7) is 1.92. The fourth-order valence-corrected chi connectivity index (χ4v) is 1.50. The first-order chi connectivity index (χ1) is 3.62. The van der Waals surface area contributed by atoms with Gasteiger partial charge < -0.3 is 0 Å². The van der Waals surface area contributed by atoms with Gasteiger partial charge >= 0.3 is 0 Å². The lowest BCUT2D eigenvalue weighted by Crippen LogP contribution is -2.04. The third-order valence-electron chi connectivity index (χ3n) is 0.708. The van der Waals surface area contributed by atoms with Gasteiger partial charge in [-0.05, 0) is 6.42 Å². The molecule has 0 heterocycles. The van der Waals surface area contributed by atoms with E-state index in [4.69, 9.17) is 0 Å². The molecule has 0 rings (SSSR count). The third-order valence-corrected chi connectivity index (χ3v) is 3.03. The average Bonchev–Trinajstić information content (AvgIpc) is 1.67. The summed E-state index contributed by atoms with van der Waals surface area (Å²) >= 11 is 4.55. The number of hydrogen-bond acceptors (Lipinski definition) is 3. The maximum absolute atomic E-state index is 10.7. The van der Waals surface area contributed by atoms with Gasteiger partial charge in [0.15, 0.2) is 0 Å². The van der Waals surface area contributed by atoms with Crippen LogP contribution in [0.5, 0.6) is 0 Å². The van der Waals surface area contributed by atoms with Crippen LogP contribution in [0, 0.1) is 0 Å². The van der Waals surface area contributed by atoms with Crippen molar-refractivity contribution in [1.29, 1.82) is 0 Å². The van der Waals surface area contributed by atoms with Crippen molar-refractivity contribution in [2.75, 3.05) is 12.9 Å². The summed E-state index contributed by atoms with van der Waals surface area (Å²) in [4.78, 5) is 0. The van der Waals surface area contributed by atoms with E-state index in [-0.39, 0.29) is 0 Å². The molecule has 8 heavy (non-hydrogen) atoms. The van der Waals surface area contributed by atoms with Crippen LogP contribution >= 0.6 is 0 Å². The van der Waals surface area contributed by atoms with Crippen molar-refractivity contribution >= 4 is 20.0 Å². The molecule has 1 unspecified atom stereocenters. The van der Waals surface area contributed by atoms with E-state index in [1.807, 2.05) is 6.92 Å². The summed E-state index contributed by atoms with van der Waals surface area (Å²) in [6, 6.07) is 0. The highest BCUT2D eigenvalue weighted by Crippen LogP contribution is 1.92. The van der Waals surface area contributed by atoms with Gasteiger partial charge in [0, 0.05) is 16.9 Å². The van der Waals surface area contributed by atoms with Crippen LogP contribution in [-0.2, 0) is 24.1 Å². The second-order valence-electron chi connectivity index (χ2n) is 1.43. The monoisotopic (exact) mass is 154 g/mol. The van der Waals surface area contributed by atoms with Crippen molar-refractivity contribution in [3.8, 4) is 0 Å². The molecule has 0 aliphatic rings. The van der Waals surface area contributed by atoms with Crippen molar-refractivity contribution in [2.45, 2.75) is 13.3 Å². The van der Waals surface area contributed by atoms with Crippen LogP contribution in [0.25, 0.3) is 0 Å². The molecule has 0 N–H and O–H groups in total. The van der Waals surface area contributed by atoms with Crippen molar-refractivity contribution in [3.05, 3.63) is 0 Å². The van der Waals surface area contributed by atoms with Gasteiger partial charge in [0.25, 0.3) is 0 Å². The summed E-state index contributed by atoms with van der Waals surface area (Å²) in [6.07, 6.45) is 0.816. The van der Waals surface area contributed by atoms with Gasteiger partial charge in [0.05, 0.1) is 7.11 Å². The minimum atomic E-state index is -2.34. The predicted octanol–water partition coefficient (Wildman–Crippen LogP) is 0.704. The zero-order valence-electron chi connectivity index (χ0n) is 5.05. The molecule has 0 aliphatic heterocycles. The van der Waals surface area contributed by atoms with Crippen LogP contribution in [0.15, 0.2) is 0 Å². The number of hydrogen-bond donors (Lipinski definition) is 0. The van der Waals surface area contributed by atoms with E-state index < -0.39 is 8.77 Å². The fraction of sp³-hybridized carbons (Fsp3) is 1.00. The first kappa shape index (κ1) is 8.33. The van der Waals surface area contributed by atoms with Gasteiger partial charge in [0.1, 0.15) is 8.77 Å².